The van der Waals surface area contributed by atoms with E-state index < -0.39 is 0 Å². The van der Waals surface area contributed by atoms with Gasteiger partial charge in [-0.1, -0.05) is 12.1 Å². The molecule has 2 aliphatic rings. The first-order valence-electron chi connectivity index (χ1n) is 9.52. The molecule has 138 valence electrons. The van der Waals surface area contributed by atoms with Crippen molar-refractivity contribution in [2.24, 2.45) is 17.8 Å². The van der Waals surface area contributed by atoms with Crippen LogP contribution < -0.4 is 4.74 Å². The molecule has 1 aromatic heterocycles. The molecule has 0 spiro atoms. The van der Waals surface area contributed by atoms with Crippen molar-refractivity contribution in [3.05, 3.63) is 36.5 Å². The number of hydrogen-bond acceptors (Lipinski definition) is 5. The van der Waals surface area contributed by atoms with Gasteiger partial charge in [0.25, 0.3) is 0 Å². The molecule has 0 bridgehead atoms. The number of aromatic nitrogens is 1. The minimum Gasteiger partial charge on any atom is -0.489 e. The van der Waals surface area contributed by atoms with E-state index in [0.29, 0.717) is 18.4 Å². The molecule has 5 nitrogen and oxygen atoms in total. The van der Waals surface area contributed by atoms with Crippen LogP contribution in [-0.2, 0) is 14.3 Å². The van der Waals surface area contributed by atoms with Crippen LogP contribution in [0.25, 0.3) is 10.9 Å². The van der Waals surface area contributed by atoms with Crippen molar-refractivity contribution in [2.75, 3.05) is 26.4 Å². The van der Waals surface area contributed by atoms with Crippen LogP contribution in [0.5, 0.6) is 5.75 Å². The molecule has 0 radical (unpaired) electrons. The number of pyridine rings is 1. The molecule has 1 saturated heterocycles. The molecule has 5 heteroatoms. The number of benzene rings is 1. The first-order valence-corrected chi connectivity index (χ1v) is 9.52. The third kappa shape index (κ3) is 3.83. The first-order chi connectivity index (χ1) is 12.8. The van der Waals surface area contributed by atoms with Gasteiger partial charge in [0.1, 0.15) is 19.0 Å². The van der Waals surface area contributed by atoms with Crippen molar-refractivity contribution in [1.29, 1.82) is 0 Å². The van der Waals surface area contributed by atoms with Gasteiger partial charge in [-0.25, -0.2) is 0 Å². The molecule has 2 fully saturated rings. The average Bonchev–Trinajstić information content (AvgIpc) is 2.70. The van der Waals surface area contributed by atoms with Crippen LogP contribution in [0.15, 0.2) is 36.5 Å². The standard InChI is InChI=1S/C21H25NO4/c23-21(16-5-6-17-14-24-10-8-15(17)13-16)26-12-11-25-20-7-9-22-19-4-2-1-3-18(19)20/h1-4,7,9,15-17H,5-6,8,10-14H2. The van der Waals surface area contributed by atoms with Crippen LogP contribution in [0.2, 0.25) is 0 Å². The van der Waals surface area contributed by atoms with Crippen molar-refractivity contribution >= 4 is 16.9 Å². The summed E-state index contributed by atoms with van der Waals surface area (Å²) in [7, 11) is 0. The number of carbonyl (C=O) groups is 1. The maximum absolute atomic E-state index is 12.4. The van der Waals surface area contributed by atoms with Crippen LogP contribution in [0.1, 0.15) is 25.7 Å². The summed E-state index contributed by atoms with van der Waals surface area (Å²) in [6.07, 6.45) is 5.74. The molecule has 1 aliphatic carbocycles. The van der Waals surface area contributed by atoms with Gasteiger partial charge in [-0.2, -0.15) is 0 Å². The van der Waals surface area contributed by atoms with E-state index in [1.54, 1.807) is 6.20 Å². The molecule has 1 aliphatic heterocycles. The normalized spacial score (nSPS) is 25.5. The van der Waals surface area contributed by atoms with E-state index in [-0.39, 0.29) is 18.5 Å². The average molecular weight is 355 g/mol. The Morgan fingerprint density at radius 2 is 2.04 bits per heavy atom. The Balaban J connectivity index is 1.25. The molecule has 2 aromatic rings. The van der Waals surface area contributed by atoms with E-state index in [4.69, 9.17) is 14.2 Å². The van der Waals surface area contributed by atoms with Gasteiger partial charge in [0, 0.05) is 24.8 Å². The summed E-state index contributed by atoms with van der Waals surface area (Å²) in [6, 6.07) is 9.69. The molecule has 0 amide bonds. The SMILES string of the molecule is O=C(OCCOc1ccnc2ccccc12)C1CCC2COCCC2C1. The molecule has 3 unspecified atom stereocenters. The smallest absolute Gasteiger partial charge is 0.309 e. The molecular weight excluding hydrogens is 330 g/mol. The Bertz CT molecular complexity index is 757. The van der Waals surface area contributed by atoms with Gasteiger partial charge in [-0.3, -0.25) is 9.78 Å². The summed E-state index contributed by atoms with van der Waals surface area (Å²) < 4.78 is 16.8. The number of hydrogen-bond donors (Lipinski definition) is 0. The Morgan fingerprint density at radius 1 is 1.12 bits per heavy atom. The maximum Gasteiger partial charge on any atom is 0.309 e. The Labute approximate surface area is 153 Å². The lowest BCUT2D eigenvalue weighted by Gasteiger charge is -2.38. The Hall–Kier alpha value is -2.14. The van der Waals surface area contributed by atoms with Crippen molar-refractivity contribution in [3.63, 3.8) is 0 Å². The lowest BCUT2D eigenvalue weighted by Crippen LogP contribution is -2.36. The van der Waals surface area contributed by atoms with Crippen LogP contribution in [0.3, 0.4) is 0 Å². The largest absolute Gasteiger partial charge is 0.489 e. The van der Waals surface area contributed by atoms with E-state index in [2.05, 4.69) is 4.98 Å². The van der Waals surface area contributed by atoms with Crippen LogP contribution in [-0.4, -0.2) is 37.4 Å². The zero-order valence-electron chi connectivity index (χ0n) is 14.9. The van der Waals surface area contributed by atoms with Crippen LogP contribution in [0.4, 0.5) is 0 Å². The van der Waals surface area contributed by atoms with Gasteiger partial charge in [-0.15, -0.1) is 0 Å². The Kier molecular flexibility index (Phi) is 5.34. The highest BCUT2D eigenvalue weighted by atomic mass is 16.6. The highest BCUT2D eigenvalue weighted by Crippen LogP contribution is 2.38. The van der Waals surface area contributed by atoms with Crippen molar-refractivity contribution in [2.45, 2.75) is 25.7 Å². The van der Waals surface area contributed by atoms with Crippen molar-refractivity contribution in [3.8, 4) is 5.75 Å². The molecule has 1 saturated carbocycles. The van der Waals surface area contributed by atoms with Gasteiger partial charge in [0.05, 0.1) is 11.4 Å². The highest BCUT2D eigenvalue weighted by Gasteiger charge is 2.36. The quantitative estimate of drug-likeness (QED) is 0.606. The van der Waals surface area contributed by atoms with Gasteiger partial charge >= 0.3 is 5.97 Å². The molecule has 3 atom stereocenters. The van der Waals surface area contributed by atoms with Crippen LogP contribution in [0, 0.1) is 17.8 Å². The molecule has 0 N–H and O–H groups in total. The predicted octanol–water partition coefficient (Wildman–Crippen LogP) is 3.61. The second kappa shape index (κ2) is 8.04. The lowest BCUT2D eigenvalue weighted by molar-refractivity contribution is -0.152. The molecule has 4 rings (SSSR count). The maximum atomic E-state index is 12.4. The summed E-state index contributed by atoms with van der Waals surface area (Å²) in [6.45, 7) is 2.33. The van der Waals surface area contributed by atoms with Gasteiger partial charge in [0.15, 0.2) is 0 Å². The number of fused-ring (bicyclic) bond motifs is 2. The van der Waals surface area contributed by atoms with E-state index in [1.165, 1.54) is 0 Å². The summed E-state index contributed by atoms with van der Waals surface area (Å²) >= 11 is 0. The van der Waals surface area contributed by atoms with Gasteiger partial charge in [0.2, 0.25) is 0 Å². The number of ether oxygens (including phenoxy) is 3. The lowest BCUT2D eigenvalue weighted by atomic mass is 9.72. The highest BCUT2D eigenvalue weighted by molar-refractivity contribution is 5.84. The number of esters is 1. The molecule has 2 heterocycles. The fourth-order valence-electron chi connectivity index (χ4n) is 4.19. The minimum atomic E-state index is -0.0712. The molecule has 26 heavy (non-hydrogen) atoms. The van der Waals surface area contributed by atoms with E-state index in [1.807, 2.05) is 30.3 Å². The Morgan fingerprint density at radius 3 is 3.00 bits per heavy atom. The van der Waals surface area contributed by atoms with Crippen molar-refractivity contribution < 1.29 is 19.0 Å². The third-order valence-corrected chi connectivity index (χ3v) is 5.63. The fourth-order valence-corrected chi connectivity index (χ4v) is 4.19. The van der Waals surface area contributed by atoms with Gasteiger partial charge in [-0.05, 0) is 55.7 Å². The monoisotopic (exact) mass is 355 g/mol. The second-order valence-electron chi connectivity index (χ2n) is 7.24. The number of para-hydroxylation sites is 1. The molecule has 1 aromatic carbocycles. The third-order valence-electron chi connectivity index (χ3n) is 5.63. The van der Waals surface area contributed by atoms with E-state index >= 15 is 0 Å². The zero-order valence-corrected chi connectivity index (χ0v) is 14.9. The number of carbonyl (C=O) groups excluding carboxylic acids is 1. The summed E-state index contributed by atoms with van der Waals surface area (Å²) in [5.41, 5.74) is 0.898. The first kappa shape index (κ1) is 17.3. The summed E-state index contributed by atoms with van der Waals surface area (Å²) in [5.74, 6) is 1.99. The van der Waals surface area contributed by atoms with Crippen molar-refractivity contribution in [1.82, 2.24) is 4.98 Å². The zero-order chi connectivity index (χ0) is 17.8. The van der Waals surface area contributed by atoms with E-state index in [0.717, 1.165) is 55.5 Å². The second-order valence-corrected chi connectivity index (χ2v) is 7.24. The summed E-state index contributed by atoms with van der Waals surface area (Å²) in [4.78, 5) is 16.7. The fraction of sp³-hybridized carbons (Fsp3) is 0.524. The number of nitrogens with zero attached hydrogens (tertiary/aromatic N) is 1. The topological polar surface area (TPSA) is 57.7 Å². The predicted molar refractivity (Wildman–Crippen MR) is 98.0 cm³/mol. The van der Waals surface area contributed by atoms with Crippen LogP contribution >= 0.6 is 0 Å². The molecular formula is C21H25NO4. The minimum absolute atomic E-state index is 0.0381. The van der Waals surface area contributed by atoms with E-state index in [9.17, 15) is 4.79 Å². The van der Waals surface area contributed by atoms with Gasteiger partial charge < -0.3 is 14.2 Å². The number of rotatable bonds is 5. The summed E-state index contributed by atoms with van der Waals surface area (Å²) in [5, 5.41) is 0.971.